The standard InChI is InChI=1S/C25H22N2O3/c1-15-11-22-23(27-25(26-22)30-20-12-19(13-20)24(28)29)14-21(15)18-9-7-17(8-10-18)16-5-3-2-4-6-16/h2-11,14,19-20H,12-13H2,1H3,(H,26,27)(H,28,29). The fourth-order valence-corrected chi connectivity index (χ4v) is 4.00. The molecule has 0 radical (unpaired) electrons. The normalized spacial score (nSPS) is 18.2. The van der Waals surface area contributed by atoms with Crippen molar-refractivity contribution in [2.24, 2.45) is 5.92 Å². The first-order valence-electron chi connectivity index (χ1n) is 10.1. The molecule has 150 valence electrons. The van der Waals surface area contributed by atoms with E-state index in [1.165, 1.54) is 11.1 Å². The van der Waals surface area contributed by atoms with Crippen LogP contribution in [0.3, 0.4) is 0 Å². The number of imidazole rings is 1. The summed E-state index contributed by atoms with van der Waals surface area (Å²) in [7, 11) is 0. The molecule has 1 fully saturated rings. The molecule has 5 heteroatoms. The maximum atomic E-state index is 11.0. The predicted molar refractivity (Wildman–Crippen MR) is 116 cm³/mol. The van der Waals surface area contributed by atoms with Crippen LogP contribution in [0.2, 0.25) is 0 Å². The number of carboxylic acid groups (broad SMARTS) is 1. The van der Waals surface area contributed by atoms with Gasteiger partial charge in [0.1, 0.15) is 6.10 Å². The van der Waals surface area contributed by atoms with E-state index in [-0.39, 0.29) is 12.0 Å². The Morgan fingerprint density at radius 1 is 1.00 bits per heavy atom. The number of rotatable bonds is 5. The lowest BCUT2D eigenvalue weighted by atomic mass is 9.82. The van der Waals surface area contributed by atoms with Crippen LogP contribution < -0.4 is 4.74 Å². The molecule has 1 aliphatic rings. The highest BCUT2D eigenvalue weighted by Gasteiger charge is 2.36. The third-order valence-corrected chi connectivity index (χ3v) is 5.83. The van der Waals surface area contributed by atoms with Crippen molar-refractivity contribution in [3.63, 3.8) is 0 Å². The number of aromatic amines is 1. The third-order valence-electron chi connectivity index (χ3n) is 5.83. The van der Waals surface area contributed by atoms with Crippen LogP contribution in [0.1, 0.15) is 18.4 Å². The molecule has 1 aromatic heterocycles. The molecule has 2 N–H and O–H groups in total. The smallest absolute Gasteiger partial charge is 0.306 e. The number of ether oxygens (including phenoxy) is 1. The molecule has 0 atom stereocenters. The molecule has 0 unspecified atom stereocenters. The quantitative estimate of drug-likeness (QED) is 0.469. The molecular weight excluding hydrogens is 376 g/mol. The number of aryl methyl sites for hydroxylation is 1. The average molecular weight is 398 g/mol. The molecule has 0 aliphatic heterocycles. The Hall–Kier alpha value is -3.60. The summed E-state index contributed by atoms with van der Waals surface area (Å²) in [6, 6.07) is 23.5. The van der Waals surface area contributed by atoms with Gasteiger partial charge in [-0.05, 0) is 59.7 Å². The van der Waals surface area contributed by atoms with Gasteiger partial charge < -0.3 is 14.8 Å². The highest BCUT2D eigenvalue weighted by molar-refractivity contribution is 5.85. The van der Waals surface area contributed by atoms with Crippen LogP contribution in [0.5, 0.6) is 6.01 Å². The topological polar surface area (TPSA) is 75.2 Å². The van der Waals surface area contributed by atoms with Crippen LogP contribution in [0, 0.1) is 12.8 Å². The first-order chi connectivity index (χ1) is 14.6. The molecule has 0 amide bonds. The number of hydrogen-bond acceptors (Lipinski definition) is 3. The van der Waals surface area contributed by atoms with Gasteiger partial charge in [-0.2, -0.15) is 4.98 Å². The molecule has 4 aromatic rings. The van der Waals surface area contributed by atoms with Crippen molar-refractivity contribution in [1.29, 1.82) is 0 Å². The van der Waals surface area contributed by atoms with Crippen LogP contribution in [0.4, 0.5) is 0 Å². The van der Waals surface area contributed by atoms with Gasteiger partial charge in [-0.15, -0.1) is 0 Å². The summed E-state index contributed by atoms with van der Waals surface area (Å²) in [6.07, 6.45) is 0.979. The van der Waals surface area contributed by atoms with Gasteiger partial charge in [-0.3, -0.25) is 4.79 Å². The molecule has 5 rings (SSSR count). The molecule has 1 heterocycles. The highest BCUT2D eigenvalue weighted by Crippen LogP contribution is 2.33. The van der Waals surface area contributed by atoms with E-state index in [0.717, 1.165) is 27.7 Å². The molecule has 1 saturated carbocycles. The third kappa shape index (κ3) is 3.43. The summed E-state index contributed by atoms with van der Waals surface area (Å²) in [6.45, 7) is 2.09. The Morgan fingerprint density at radius 2 is 1.67 bits per heavy atom. The van der Waals surface area contributed by atoms with Crippen LogP contribution >= 0.6 is 0 Å². The van der Waals surface area contributed by atoms with Crippen molar-refractivity contribution < 1.29 is 14.6 Å². The minimum absolute atomic E-state index is 0.0854. The summed E-state index contributed by atoms with van der Waals surface area (Å²) in [5.41, 5.74) is 7.57. The lowest BCUT2D eigenvalue weighted by Gasteiger charge is -2.31. The summed E-state index contributed by atoms with van der Waals surface area (Å²) in [4.78, 5) is 18.7. The van der Waals surface area contributed by atoms with E-state index >= 15 is 0 Å². The van der Waals surface area contributed by atoms with Crippen molar-refractivity contribution in [3.8, 4) is 28.3 Å². The molecule has 0 spiro atoms. The van der Waals surface area contributed by atoms with Crippen LogP contribution in [0.25, 0.3) is 33.3 Å². The molecule has 0 bridgehead atoms. The average Bonchev–Trinajstić information content (AvgIpc) is 3.11. The van der Waals surface area contributed by atoms with E-state index in [1.54, 1.807) is 0 Å². The van der Waals surface area contributed by atoms with Gasteiger partial charge in [0.2, 0.25) is 0 Å². The zero-order valence-corrected chi connectivity index (χ0v) is 16.6. The number of carbonyl (C=O) groups is 1. The van der Waals surface area contributed by atoms with E-state index in [2.05, 4.69) is 65.4 Å². The Bertz CT molecular complexity index is 1210. The van der Waals surface area contributed by atoms with Crippen LogP contribution in [-0.4, -0.2) is 27.1 Å². The lowest BCUT2D eigenvalue weighted by Crippen LogP contribution is -2.38. The molecule has 30 heavy (non-hydrogen) atoms. The first-order valence-corrected chi connectivity index (χ1v) is 10.1. The SMILES string of the molecule is Cc1cc2[nH]c(OC3CC(C(=O)O)C3)nc2cc1-c1ccc(-c2ccccc2)cc1. The van der Waals surface area contributed by atoms with Gasteiger partial charge >= 0.3 is 5.97 Å². The number of carboxylic acids is 1. The Kier molecular flexibility index (Phi) is 4.51. The number of fused-ring (bicyclic) bond motifs is 1. The fourth-order valence-electron chi connectivity index (χ4n) is 4.00. The summed E-state index contributed by atoms with van der Waals surface area (Å²) < 4.78 is 5.84. The van der Waals surface area contributed by atoms with Gasteiger partial charge in [-0.25, -0.2) is 0 Å². The number of hydrogen-bond donors (Lipinski definition) is 2. The molecule has 5 nitrogen and oxygen atoms in total. The number of H-pyrrole nitrogens is 1. The predicted octanol–water partition coefficient (Wildman–Crippen LogP) is 5.45. The van der Waals surface area contributed by atoms with Gasteiger partial charge in [0, 0.05) is 0 Å². The highest BCUT2D eigenvalue weighted by atomic mass is 16.5. The van der Waals surface area contributed by atoms with Crippen LogP contribution in [0.15, 0.2) is 66.7 Å². The van der Waals surface area contributed by atoms with E-state index in [4.69, 9.17) is 9.84 Å². The minimum Gasteiger partial charge on any atom is -0.481 e. The molecule has 1 aliphatic carbocycles. The number of nitrogens with one attached hydrogen (secondary N) is 1. The lowest BCUT2D eigenvalue weighted by molar-refractivity contribution is -0.148. The Morgan fingerprint density at radius 3 is 2.37 bits per heavy atom. The van der Waals surface area contributed by atoms with Gasteiger partial charge in [0.05, 0.1) is 17.0 Å². The monoisotopic (exact) mass is 398 g/mol. The molecular formula is C25H22N2O3. The largest absolute Gasteiger partial charge is 0.481 e. The van der Waals surface area contributed by atoms with Crippen molar-refractivity contribution >= 4 is 17.0 Å². The summed E-state index contributed by atoms with van der Waals surface area (Å²) in [5, 5.41) is 9.00. The second-order valence-electron chi connectivity index (χ2n) is 7.92. The Balaban J connectivity index is 1.38. The number of nitrogens with zero attached hydrogens (tertiary/aromatic N) is 1. The number of aromatic nitrogens is 2. The van der Waals surface area contributed by atoms with E-state index < -0.39 is 5.97 Å². The fraction of sp³-hybridized carbons (Fsp3) is 0.200. The molecule has 3 aromatic carbocycles. The Labute approximate surface area is 174 Å². The maximum absolute atomic E-state index is 11.0. The van der Waals surface area contributed by atoms with Crippen molar-refractivity contribution in [2.45, 2.75) is 25.9 Å². The zero-order valence-electron chi connectivity index (χ0n) is 16.6. The zero-order chi connectivity index (χ0) is 20.7. The second kappa shape index (κ2) is 7.34. The van der Waals surface area contributed by atoms with E-state index in [9.17, 15) is 4.79 Å². The maximum Gasteiger partial charge on any atom is 0.306 e. The van der Waals surface area contributed by atoms with Crippen molar-refractivity contribution in [1.82, 2.24) is 9.97 Å². The second-order valence-corrected chi connectivity index (χ2v) is 7.92. The summed E-state index contributed by atoms with van der Waals surface area (Å²) >= 11 is 0. The van der Waals surface area contributed by atoms with Crippen molar-refractivity contribution in [3.05, 3.63) is 72.3 Å². The number of benzene rings is 3. The first kappa shape index (κ1) is 18.4. The van der Waals surface area contributed by atoms with Gasteiger partial charge in [0.15, 0.2) is 0 Å². The minimum atomic E-state index is -0.752. The van der Waals surface area contributed by atoms with Gasteiger partial charge in [0.25, 0.3) is 6.01 Å². The number of aliphatic carboxylic acids is 1. The summed E-state index contributed by atoms with van der Waals surface area (Å²) in [5.74, 6) is -1.05. The van der Waals surface area contributed by atoms with Crippen molar-refractivity contribution in [2.75, 3.05) is 0 Å². The van der Waals surface area contributed by atoms with Crippen LogP contribution in [-0.2, 0) is 4.79 Å². The van der Waals surface area contributed by atoms with Gasteiger partial charge in [-0.1, -0.05) is 54.6 Å². The van der Waals surface area contributed by atoms with E-state index in [0.29, 0.717) is 18.9 Å². The molecule has 0 saturated heterocycles. The van der Waals surface area contributed by atoms with E-state index in [1.807, 2.05) is 18.2 Å².